The van der Waals surface area contributed by atoms with Gasteiger partial charge in [0.25, 0.3) is 11.8 Å². The Morgan fingerprint density at radius 2 is 1.82 bits per heavy atom. The lowest BCUT2D eigenvalue weighted by molar-refractivity contribution is -0.137. The van der Waals surface area contributed by atoms with Crippen molar-refractivity contribution >= 4 is 41.6 Å². The zero-order valence-corrected chi connectivity index (χ0v) is 20.2. The van der Waals surface area contributed by atoms with E-state index in [-0.39, 0.29) is 24.2 Å². The van der Waals surface area contributed by atoms with Crippen molar-refractivity contribution in [3.63, 3.8) is 0 Å². The molecule has 0 radical (unpaired) electrons. The van der Waals surface area contributed by atoms with E-state index in [0.29, 0.717) is 24.1 Å². The lowest BCUT2D eigenvalue weighted by atomic mass is 10.0. The molecule has 0 bridgehead atoms. The maximum atomic E-state index is 14.1. The van der Waals surface area contributed by atoms with E-state index in [4.69, 9.17) is 5.73 Å². The Hall–Kier alpha value is -4.74. The topological polar surface area (TPSA) is 183 Å². The molecule has 1 unspecified atom stereocenters. The number of nitrogens with one attached hydrogen (secondary N) is 3. The average Bonchev–Trinajstić information content (AvgIpc) is 3.42. The number of nitrogens with zero attached hydrogens (tertiary/aromatic N) is 2. The summed E-state index contributed by atoms with van der Waals surface area (Å²) in [6, 6.07) is 11.3. The van der Waals surface area contributed by atoms with E-state index in [2.05, 4.69) is 15.7 Å². The zero-order chi connectivity index (χ0) is 27.0. The van der Waals surface area contributed by atoms with Crippen LogP contribution in [0.4, 0.5) is 10.5 Å². The molecule has 12 heteroatoms. The number of anilines is 1. The number of amides is 5. The van der Waals surface area contributed by atoms with E-state index >= 15 is 0 Å². The number of hydrazone groups is 1. The molecular weight excluding hydrogens is 492 g/mol. The summed E-state index contributed by atoms with van der Waals surface area (Å²) in [4.78, 5) is 64.3. The molecule has 3 aliphatic rings. The first kappa shape index (κ1) is 24.9. The summed E-state index contributed by atoms with van der Waals surface area (Å²) in [6.07, 6.45) is 1.80. The van der Waals surface area contributed by atoms with E-state index < -0.39 is 42.0 Å². The van der Waals surface area contributed by atoms with Crippen molar-refractivity contribution in [1.82, 2.24) is 16.1 Å². The minimum atomic E-state index is -1.20. The lowest BCUT2D eigenvalue weighted by Crippen LogP contribution is -2.57. The van der Waals surface area contributed by atoms with Crippen molar-refractivity contribution in [2.45, 2.75) is 43.3 Å². The number of nitrogens with two attached hydrogens (primary N) is 1. The van der Waals surface area contributed by atoms with Crippen molar-refractivity contribution in [1.29, 1.82) is 0 Å². The number of hydrogen-bond acceptors (Lipinski definition) is 6. The first-order valence-corrected chi connectivity index (χ1v) is 12.1. The van der Waals surface area contributed by atoms with E-state index in [1.165, 1.54) is 4.90 Å². The largest absolute Gasteiger partial charge is 0.481 e. The average molecular weight is 519 g/mol. The highest BCUT2D eigenvalue weighted by molar-refractivity contribution is 6.13. The van der Waals surface area contributed by atoms with Crippen LogP contribution < -0.4 is 26.7 Å². The number of carbonyl (C=O) groups excluding carboxylic acids is 4. The monoisotopic (exact) mass is 518 g/mol. The Balaban J connectivity index is 1.42. The van der Waals surface area contributed by atoms with Crippen LogP contribution in [0, 0.1) is 5.92 Å². The van der Waals surface area contributed by atoms with Gasteiger partial charge < -0.3 is 21.5 Å². The Morgan fingerprint density at radius 3 is 2.50 bits per heavy atom. The number of para-hydroxylation sites is 1. The zero-order valence-electron chi connectivity index (χ0n) is 20.2. The quantitative estimate of drug-likeness (QED) is 0.247. The van der Waals surface area contributed by atoms with Gasteiger partial charge >= 0.3 is 12.0 Å². The second-order valence-electron chi connectivity index (χ2n) is 9.68. The number of fused-ring (bicyclic) bond motifs is 1. The molecule has 0 spiro atoms. The van der Waals surface area contributed by atoms with Crippen LogP contribution in [-0.4, -0.2) is 58.7 Å². The fraction of sp³-hybridized carbons (Fsp3) is 0.308. The number of primary amides is 1. The van der Waals surface area contributed by atoms with Crippen molar-refractivity contribution < 1.29 is 29.1 Å². The molecule has 6 N–H and O–H groups in total. The van der Waals surface area contributed by atoms with Gasteiger partial charge in [0.15, 0.2) is 0 Å². The number of urea groups is 1. The van der Waals surface area contributed by atoms with Crippen molar-refractivity contribution in [2.75, 3.05) is 4.90 Å². The molecule has 12 nitrogen and oxygen atoms in total. The molecule has 2 aliphatic heterocycles. The summed E-state index contributed by atoms with van der Waals surface area (Å²) in [5.41, 5.74) is 8.63. The minimum Gasteiger partial charge on any atom is -0.481 e. The number of benzene rings is 2. The Labute approximate surface area is 217 Å². The van der Waals surface area contributed by atoms with Gasteiger partial charge in [-0.15, -0.1) is 0 Å². The maximum absolute atomic E-state index is 14.1. The van der Waals surface area contributed by atoms with E-state index in [1.54, 1.807) is 30.3 Å². The Bertz CT molecular complexity index is 1360. The van der Waals surface area contributed by atoms with Crippen LogP contribution in [0.5, 0.6) is 0 Å². The van der Waals surface area contributed by atoms with Crippen LogP contribution in [0.2, 0.25) is 0 Å². The van der Waals surface area contributed by atoms with Crippen LogP contribution in [-0.2, 0) is 27.2 Å². The number of carbonyl (C=O) groups is 5. The summed E-state index contributed by atoms with van der Waals surface area (Å²) in [7, 11) is 0. The normalized spacial score (nSPS) is 23.6. The van der Waals surface area contributed by atoms with Gasteiger partial charge in [-0.2, -0.15) is 5.10 Å². The Morgan fingerprint density at radius 1 is 1.11 bits per heavy atom. The summed E-state index contributed by atoms with van der Waals surface area (Å²) >= 11 is 0. The smallest absolute Gasteiger partial charge is 0.332 e. The molecule has 0 aromatic heterocycles. The highest BCUT2D eigenvalue weighted by Gasteiger charge is 2.65. The molecule has 1 saturated carbocycles. The van der Waals surface area contributed by atoms with Crippen molar-refractivity contribution in [3.8, 4) is 0 Å². The van der Waals surface area contributed by atoms with Gasteiger partial charge in [0, 0.05) is 18.2 Å². The highest BCUT2D eigenvalue weighted by Crippen LogP contribution is 2.53. The first-order valence-electron chi connectivity index (χ1n) is 12.1. The molecule has 2 aromatic carbocycles. The van der Waals surface area contributed by atoms with Crippen LogP contribution in [0.15, 0.2) is 53.6 Å². The SMILES string of the molecule is NC(=O)N/N=C/[C@H](CC(=O)O)NC(=O)[C@@H]1Cc2cccc3c2N1C(=O)C1(NC(=O)c2ccccc2)C[C@H]1C3. The van der Waals surface area contributed by atoms with Gasteiger partial charge in [0.05, 0.1) is 18.2 Å². The molecule has 38 heavy (non-hydrogen) atoms. The second kappa shape index (κ2) is 9.61. The van der Waals surface area contributed by atoms with Gasteiger partial charge in [-0.1, -0.05) is 36.4 Å². The van der Waals surface area contributed by atoms with E-state index in [0.717, 1.165) is 17.3 Å². The summed E-state index contributed by atoms with van der Waals surface area (Å²) in [6.45, 7) is 0. The third-order valence-electron chi connectivity index (χ3n) is 7.17. The molecule has 1 fully saturated rings. The lowest BCUT2D eigenvalue weighted by Gasteiger charge is -2.30. The van der Waals surface area contributed by atoms with Gasteiger partial charge in [-0.05, 0) is 42.0 Å². The molecule has 4 atom stereocenters. The van der Waals surface area contributed by atoms with Crippen molar-refractivity contribution in [3.05, 3.63) is 65.2 Å². The summed E-state index contributed by atoms with van der Waals surface area (Å²) in [5.74, 6) is -2.63. The van der Waals surface area contributed by atoms with Gasteiger partial charge in [-0.25, -0.2) is 10.2 Å². The number of carboxylic acid groups (broad SMARTS) is 1. The predicted octanol–water partition coefficient (Wildman–Crippen LogP) is 0.303. The molecule has 5 rings (SSSR count). The van der Waals surface area contributed by atoms with Crippen LogP contribution in [0.25, 0.3) is 0 Å². The fourth-order valence-electron chi connectivity index (χ4n) is 5.38. The maximum Gasteiger partial charge on any atom is 0.332 e. The van der Waals surface area contributed by atoms with Crippen LogP contribution in [0.3, 0.4) is 0 Å². The summed E-state index contributed by atoms with van der Waals surface area (Å²) in [5, 5.41) is 18.4. The molecule has 1 aliphatic carbocycles. The Kier molecular flexibility index (Phi) is 6.31. The van der Waals surface area contributed by atoms with Crippen LogP contribution in [0.1, 0.15) is 34.3 Å². The number of aliphatic carboxylic acids is 1. The van der Waals surface area contributed by atoms with E-state index in [9.17, 15) is 29.1 Å². The third kappa shape index (κ3) is 4.56. The summed E-state index contributed by atoms with van der Waals surface area (Å²) < 4.78 is 0. The third-order valence-corrected chi connectivity index (χ3v) is 7.17. The minimum absolute atomic E-state index is 0.116. The standard InChI is InChI=1S/C26H26N6O6/c27-25(38)31-28-13-18(11-20(33)34)29-23(36)19-10-16-8-4-7-15-9-17-12-26(17,24(37)32(19)21(15)16)30-22(35)14-5-2-1-3-6-14/h1-8,13,17-19H,9-12H2,(H,29,36)(H,30,35)(H,33,34)(H3,27,31,38)/b28-13+/t17-,18+,19+,26?/m1/s1. The van der Waals surface area contributed by atoms with Gasteiger partial charge in [-0.3, -0.25) is 24.1 Å². The first-order chi connectivity index (χ1) is 18.2. The molecule has 5 amide bonds. The molecule has 2 aromatic rings. The molecule has 0 saturated heterocycles. The van der Waals surface area contributed by atoms with Gasteiger partial charge in [0.1, 0.15) is 11.6 Å². The number of rotatable bonds is 8. The number of carboxylic acids is 1. The second-order valence-corrected chi connectivity index (χ2v) is 9.68. The molecule has 2 heterocycles. The predicted molar refractivity (Wildman–Crippen MR) is 135 cm³/mol. The van der Waals surface area contributed by atoms with Gasteiger partial charge in [0.2, 0.25) is 5.91 Å². The highest BCUT2D eigenvalue weighted by atomic mass is 16.4. The molecule has 196 valence electrons. The van der Waals surface area contributed by atoms with E-state index in [1.807, 2.05) is 23.6 Å². The number of hydrogen-bond donors (Lipinski definition) is 5. The van der Waals surface area contributed by atoms with Crippen LogP contribution >= 0.6 is 0 Å². The fourth-order valence-corrected chi connectivity index (χ4v) is 5.38. The van der Waals surface area contributed by atoms with Crippen molar-refractivity contribution in [2.24, 2.45) is 16.8 Å². The molecular formula is C26H26N6O6.